The number of benzene rings is 3. The first kappa shape index (κ1) is 24.8. The number of hydrogen-bond donors (Lipinski definition) is 2. The summed E-state index contributed by atoms with van der Waals surface area (Å²) in [6.07, 6.45) is -0.377. The lowest BCUT2D eigenvalue weighted by atomic mass is 9.85. The normalized spacial score (nSPS) is 18.1. The summed E-state index contributed by atoms with van der Waals surface area (Å²) in [4.78, 5) is 27.9. The zero-order valence-corrected chi connectivity index (χ0v) is 20.5. The van der Waals surface area contributed by atoms with Crippen molar-refractivity contribution in [1.29, 1.82) is 0 Å². The van der Waals surface area contributed by atoms with Crippen molar-refractivity contribution in [1.82, 2.24) is 4.90 Å². The number of aromatic hydroxyl groups is 2. The fourth-order valence-electron chi connectivity index (χ4n) is 4.82. The van der Waals surface area contributed by atoms with Gasteiger partial charge in [0.05, 0.1) is 10.6 Å². The Morgan fingerprint density at radius 2 is 1.84 bits per heavy atom. The molecule has 1 aromatic heterocycles. The number of carbonyl (C=O) groups is 1. The summed E-state index contributed by atoms with van der Waals surface area (Å²) >= 11 is 6.33. The molecule has 1 fully saturated rings. The number of halogens is 2. The Morgan fingerprint density at radius 3 is 2.59 bits per heavy atom. The molecule has 0 unspecified atom stereocenters. The highest BCUT2D eigenvalue weighted by atomic mass is 35.5. The van der Waals surface area contributed by atoms with Gasteiger partial charge in [-0.2, -0.15) is 0 Å². The van der Waals surface area contributed by atoms with Crippen LogP contribution in [-0.4, -0.2) is 47.3 Å². The number of nitrogens with zero attached hydrogens (tertiary/aromatic N) is 1. The van der Waals surface area contributed by atoms with E-state index in [1.807, 2.05) is 11.9 Å². The van der Waals surface area contributed by atoms with Crippen LogP contribution in [0.3, 0.4) is 0 Å². The number of fused-ring (bicyclic) bond motifs is 1. The molecule has 2 N–H and O–H groups in total. The van der Waals surface area contributed by atoms with Crippen LogP contribution in [0.2, 0.25) is 5.02 Å². The van der Waals surface area contributed by atoms with Gasteiger partial charge < -0.3 is 24.3 Å². The summed E-state index contributed by atoms with van der Waals surface area (Å²) in [5, 5.41) is 21.7. The number of phenols is 2. The fraction of sp³-hybridized carbons (Fsp3) is 0.214. The van der Waals surface area contributed by atoms with Crippen molar-refractivity contribution in [3.8, 4) is 22.8 Å². The van der Waals surface area contributed by atoms with Crippen molar-refractivity contribution >= 4 is 28.5 Å². The van der Waals surface area contributed by atoms with Crippen LogP contribution >= 0.6 is 11.6 Å². The summed E-state index contributed by atoms with van der Waals surface area (Å²) in [6.45, 7) is 0.885. The van der Waals surface area contributed by atoms with Gasteiger partial charge in [0.25, 0.3) is 0 Å². The molecule has 0 saturated carbocycles. The number of piperidine rings is 1. The molecule has 0 spiro atoms. The highest BCUT2D eigenvalue weighted by Gasteiger charge is 2.37. The minimum absolute atomic E-state index is 0.0265. The Morgan fingerprint density at radius 1 is 1.11 bits per heavy atom. The summed E-state index contributed by atoms with van der Waals surface area (Å²) in [5.74, 6) is -2.76. The molecule has 2 atom stereocenters. The Labute approximate surface area is 216 Å². The molecule has 0 aliphatic carbocycles. The number of ether oxygens (including phenoxy) is 1. The number of likely N-dealkylation sites (tertiary alicyclic amines) is 1. The van der Waals surface area contributed by atoms with Crippen molar-refractivity contribution in [2.75, 3.05) is 20.1 Å². The van der Waals surface area contributed by atoms with Crippen molar-refractivity contribution in [3.63, 3.8) is 0 Å². The van der Waals surface area contributed by atoms with Crippen LogP contribution in [0.5, 0.6) is 11.5 Å². The Hall–Kier alpha value is -3.88. The van der Waals surface area contributed by atoms with Crippen LogP contribution in [0.1, 0.15) is 28.3 Å². The smallest absolute Gasteiger partial charge is 0.341 e. The topological polar surface area (TPSA) is 100 Å². The van der Waals surface area contributed by atoms with Crippen molar-refractivity contribution in [2.45, 2.75) is 18.4 Å². The number of phenolic OH excluding ortho intramolecular Hbond substituents is 2. The van der Waals surface area contributed by atoms with E-state index in [9.17, 15) is 24.2 Å². The van der Waals surface area contributed by atoms with Gasteiger partial charge in [-0.15, -0.1) is 0 Å². The molecule has 0 amide bonds. The number of carbonyl (C=O) groups excluding carboxylic acids is 1. The second kappa shape index (κ2) is 9.88. The van der Waals surface area contributed by atoms with Crippen LogP contribution in [0.25, 0.3) is 22.3 Å². The molecular formula is C28H23ClFNO6. The molecule has 0 bridgehead atoms. The van der Waals surface area contributed by atoms with Gasteiger partial charge >= 0.3 is 5.97 Å². The van der Waals surface area contributed by atoms with E-state index in [-0.39, 0.29) is 33.6 Å². The van der Waals surface area contributed by atoms with Crippen molar-refractivity contribution in [2.24, 2.45) is 0 Å². The fourth-order valence-corrected chi connectivity index (χ4v) is 5.05. The maximum absolute atomic E-state index is 14.3. The number of esters is 1. The maximum atomic E-state index is 14.3. The van der Waals surface area contributed by atoms with Gasteiger partial charge in [-0.1, -0.05) is 35.9 Å². The summed E-state index contributed by atoms with van der Waals surface area (Å²) in [5.41, 5.74) is -0.0768. The van der Waals surface area contributed by atoms with E-state index in [2.05, 4.69) is 0 Å². The third-order valence-corrected chi connectivity index (χ3v) is 6.95. The van der Waals surface area contributed by atoms with Crippen LogP contribution in [-0.2, 0) is 4.74 Å². The quantitative estimate of drug-likeness (QED) is 0.350. The van der Waals surface area contributed by atoms with Gasteiger partial charge in [-0.3, -0.25) is 4.79 Å². The molecule has 5 rings (SSSR count). The van der Waals surface area contributed by atoms with E-state index >= 15 is 0 Å². The van der Waals surface area contributed by atoms with Gasteiger partial charge in [0.15, 0.2) is 5.43 Å². The lowest BCUT2D eigenvalue weighted by molar-refractivity contribution is 0.00155. The summed E-state index contributed by atoms with van der Waals surface area (Å²) < 4.78 is 26.1. The van der Waals surface area contributed by atoms with Gasteiger partial charge in [-0.05, 0) is 44.3 Å². The maximum Gasteiger partial charge on any atom is 0.341 e. The Kier molecular flexibility index (Phi) is 6.62. The number of rotatable bonds is 4. The predicted octanol–water partition coefficient (Wildman–Crippen LogP) is 5.31. The molecule has 7 nitrogen and oxygen atoms in total. The zero-order valence-electron chi connectivity index (χ0n) is 19.8. The summed E-state index contributed by atoms with van der Waals surface area (Å²) in [7, 11) is 1.85. The second-order valence-corrected chi connectivity index (χ2v) is 9.48. The monoisotopic (exact) mass is 523 g/mol. The van der Waals surface area contributed by atoms with Crippen LogP contribution in [0.15, 0.2) is 69.9 Å². The van der Waals surface area contributed by atoms with Gasteiger partial charge in [0.1, 0.15) is 40.1 Å². The molecule has 1 saturated heterocycles. The SMILES string of the molecule is CN1CC[C@H](c2c(O)cc(O)c3c(=O)cc(-c4ccccc4Cl)oc23)[C@H](OC(=O)c2ccccc2F)C1. The average Bonchev–Trinajstić information content (AvgIpc) is 2.85. The largest absolute Gasteiger partial charge is 0.507 e. The van der Waals surface area contributed by atoms with Gasteiger partial charge in [0, 0.05) is 35.7 Å². The highest BCUT2D eigenvalue weighted by Crippen LogP contribution is 2.43. The van der Waals surface area contributed by atoms with Crippen LogP contribution in [0.4, 0.5) is 4.39 Å². The lowest BCUT2D eigenvalue weighted by Crippen LogP contribution is -2.43. The Balaban J connectivity index is 1.65. The van der Waals surface area contributed by atoms with Gasteiger partial charge in [-0.25, -0.2) is 9.18 Å². The van der Waals surface area contributed by atoms with Crippen LogP contribution in [0, 0.1) is 5.82 Å². The Bertz CT molecular complexity index is 1570. The lowest BCUT2D eigenvalue weighted by Gasteiger charge is -2.36. The average molecular weight is 524 g/mol. The molecule has 4 aromatic rings. The number of likely N-dealkylation sites (N-methyl/N-ethyl adjacent to an activating group) is 1. The van der Waals surface area contributed by atoms with E-state index < -0.39 is 35.0 Å². The third kappa shape index (κ3) is 4.65. The number of hydrogen-bond acceptors (Lipinski definition) is 7. The molecular weight excluding hydrogens is 501 g/mol. The minimum Gasteiger partial charge on any atom is -0.507 e. The van der Waals surface area contributed by atoms with E-state index in [1.54, 1.807) is 24.3 Å². The predicted molar refractivity (Wildman–Crippen MR) is 137 cm³/mol. The van der Waals surface area contributed by atoms with Crippen LogP contribution < -0.4 is 5.43 Å². The standard InChI is InChI=1S/C28H23ClFNO6/c1-31-11-10-17(24(14-31)37-28(35)16-7-3-5-9-19(16)30)25-20(32)12-21(33)26-22(34)13-23(36-27(25)26)15-6-2-4-8-18(15)29/h2-9,12-13,17,24,32-33H,10-11,14H2,1H3/t17-,24+/m0/s1. The van der Waals surface area contributed by atoms with E-state index in [0.717, 1.165) is 6.07 Å². The van der Waals surface area contributed by atoms with E-state index in [1.165, 1.54) is 30.3 Å². The molecule has 1 aliphatic rings. The first-order valence-electron chi connectivity index (χ1n) is 11.7. The summed E-state index contributed by atoms with van der Waals surface area (Å²) in [6, 6.07) is 14.6. The molecule has 37 heavy (non-hydrogen) atoms. The van der Waals surface area contributed by atoms with E-state index in [4.69, 9.17) is 20.8 Å². The molecule has 2 heterocycles. The van der Waals surface area contributed by atoms with E-state index in [0.29, 0.717) is 30.1 Å². The highest BCUT2D eigenvalue weighted by molar-refractivity contribution is 6.33. The minimum atomic E-state index is -0.843. The molecule has 1 aliphatic heterocycles. The molecule has 0 radical (unpaired) electrons. The zero-order chi connectivity index (χ0) is 26.3. The molecule has 9 heteroatoms. The molecule has 3 aromatic carbocycles. The second-order valence-electron chi connectivity index (χ2n) is 9.07. The molecule has 190 valence electrons. The third-order valence-electron chi connectivity index (χ3n) is 6.62. The first-order valence-corrected chi connectivity index (χ1v) is 12.0. The van der Waals surface area contributed by atoms with Gasteiger partial charge in [0.2, 0.25) is 0 Å². The first-order chi connectivity index (χ1) is 17.7. The van der Waals surface area contributed by atoms with Crippen molar-refractivity contribution in [3.05, 3.63) is 92.9 Å². The van der Waals surface area contributed by atoms with Crippen molar-refractivity contribution < 1.29 is 28.6 Å².